The molecule has 0 atom stereocenters. The average molecular weight is 211 g/mol. The van der Waals surface area contributed by atoms with Crippen molar-refractivity contribution >= 4 is 0 Å². The summed E-state index contributed by atoms with van der Waals surface area (Å²) in [6.07, 6.45) is 0. The van der Waals surface area contributed by atoms with Crippen LogP contribution in [0.25, 0.3) is 0 Å². The Morgan fingerprint density at radius 2 is 2.07 bits per heavy atom. The Hall–Kier alpha value is -1.09. The lowest BCUT2D eigenvalue weighted by atomic mass is 9.95. The highest BCUT2D eigenvalue weighted by molar-refractivity contribution is 5.28. The third-order valence-electron chi connectivity index (χ3n) is 2.31. The molecule has 0 bridgehead atoms. The van der Waals surface area contributed by atoms with E-state index in [1.54, 1.807) is 19.1 Å². The Kier molecular flexibility index (Phi) is 3.69. The first-order valence-corrected chi connectivity index (χ1v) is 5.04. The lowest BCUT2D eigenvalue weighted by Crippen LogP contribution is -2.30. The molecular weight excluding hydrogens is 193 g/mol. The van der Waals surface area contributed by atoms with Gasteiger partial charge < -0.3 is 10.5 Å². The summed E-state index contributed by atoms with van der Waals surface area (Å²) in [7, 11) is 0. The topological polar surface area (TPSA) is 35.2 Å². The van der Waals surface area contributed by atoms with Gasteiger partial charge in [-0.1, -0.05) is 13.8 Å². The number of nitrogens with two attached hydrogens (primary N) is 1. The molecule has 0 aliphatic heterocycles. The minimum atomic E-state index is -0.208. The summed E-state index contributed by atoms with van der Waals surface area (Å²) < 4.78 is 18.5. The van der Waals surface area contributed by atoms with Gasteiger partial charge in [-0.2, -0.15) is 0 Å². The predicted molar refractivity (Wildman–Crippen MR) is 59.5 cm³/mol. The predicted octanol–water partition coefficient (Wildman–Crippen LogP) is 2.50. The van der Waals surface area contributed by atoms with E-state index >= 15 is 0 Å². The van der Waals surface area contributed by atoms with Crippen LogP contribution in [0.3, 0.4) is 0 Å². The summed E-state index contributed by atoms with van der Waals surface area (Å²) in [5.41, 5.74) is 6.13. The van der Waals surface area contributed by atoms with Gasteiger partial charge in [0.05, 0.1) is 6.61 Å². The summed E-state index contributed by atoms with van der Waals surface area (Å²) in [5.74, 6) is 0.482. The zero-order valence-corrected chi connectivity index (χ0v) is 9.51. The zero-order valence-electron chi connectivity index (χ0n) is 9.51. The van der Waals surface area contributed by atoms with E-state index in [0.717, 1.165) is 0 Å². The van der Waals surface area contributed by atoms with E-state index < -0.39 is 0 Å². The number of ether oxygens (including phenoxy) is 1. The molecule has 84 valence electrons. The largest absolute Gasteiger partial charge is 0.493 e. The standard InChI is InChI=1S/C12H18FNO/c1-9-6-10(4-5-11(9)13)15-8-12(2,3)7-14/h4-6H,7-8,14H2,1-3H3. The molecule has 0 spiro atoms. The molecule has 0 aliphatic rings. The molecule has 2 nitrogen and oxygen atoms in total. The average Bonchev–Trinajstić information content (AvgIpc) is 2.20. The summed E-state index contributed by atoms with van der Waals surface area (Å²) in [6, 6.07) is 4.75. The molecule has 0 amide bonds. The lowest BCUT2D eigenvalue weighted by Gasteiger charge is -2.22. The van der Waals surface area contributed by atoms with E-state index in [1.807, 2.05) is 13.8 Å². The van der Waals surface area contributed by atoms with E-state index in [4.69, 9.17) is 10.5 Å². The fraction of sp³-hybridized carbons (Fsp3) is 0.500. The Labute approximate surface area is 90.2 Å². The smallest absolute Gasteiger partial charge is 0.126 e. The normalized spacial score (nSPS) is 11.5. The van der Waals surface area contributed by atoms with Crippen molar-refractivity contribution in [3.8, 4) is 5.75 Å². The molecule has 0 aromatic heterocycles. The highest BCUT2D eigenvalue weighted by atomic mass is 19.1. The summed E-state index contributed by atoms with van der Waals surface area (Å²) in [5, 5.41) is 0. The quantitative estimate of drug-likeness (QED) is 0.830. The highest BCUT2D eigenvalue weighted by Gasteiger charge is 2.16. The number of halogens is 1. The van der Waals surface area contributed by atoms with Gasteiger partial charge in [0.25, 0.3) is 0 Å². The molecule has 3 heteroatoms. The van der Waals surface area contributed by atoms with Crippen LogP contribution in [-0.4, -0.2) is 13.2 Å². The Morgan fingerprint density at radius 1 is 1.40 bits per heavy atom. The van der Waals surface area contributed by atoms with Crippen LogP contribution in [0.15, 0.2) is 18.2 Å². The van der Waals surface area contributed by atoms with Gasteiger partial charge in [0.1, 0.15) is 11.6 Å². The maximum absolute atomic E-state index is 13.0. The monoisotopic (exact) mass is 211 g/mol. The molecular formula is C12H18FNO. The van der Waals surface area contributed by atoms with E-state index in [0.29, 0.717) is 24.5 Å². The molecule has 0 saturated heterocycles. The van der Waals surface area contributed by atoms with Crippen molar-refractivity contribution in [3.05, 3.63) is 29.6 Å². The summed E-state index contributed by atoms with van der Waals surface area (Å²) in [4.78, 5) is 0. The van der Waals surface area contributed by atoms with Gasteiger partial charge in [0.15, 0.2) is 0 Å². The summed E-state index contributed by atoms with van der Waals surface area (Å²) in [6.45, 7) is 6.88. The molecule has 2 N–H and O–H groups in total. The third kappa shape index (κ3) is 3.51. The fourth-order valence-electron chi connectivity index (χ4n) is 1.04. The van der Waals surface area contributed by atoms with Crippen LogP contribution in [0.4, 0.5) is 4.39 Å². The second-order valence-corrected chi connectivity index (χ2v) is 4.57. The molecule has 15 heavy (non-hydrogen) atoms. The number of aryl methyl sites for hydroxylation is 1. The number of hydrogen-bond donors (Lipinski definition) is 1. The van der Waals surface area contributed by atoms with Crippen LogP contribution >= 0.6 is 0 Å². The first-order chi connectivity index (χ1) is 6.94. The second kappa shape index (κ2) is 4.62. The van der Waals surface area contributed by atoms with Crippen molar-refractivity contribution in [2.45, 2.75) is 20.8 Å². The fourth-order valence-corrected chi connectivity index (χ4v) is 1.04. The maximum atomic E-state index is 13.0. The summed E-state index contributed by atoms with van der Waals surface area (Å²) >= 11 is 0. The van der Waals surface area contributed by atoms with E-state index in [1.165, 1.54) is 6.07 Å². The first kappa shape index (κ1) is 12.0. The third-order valence-corrected chi connectivity index (χ3v) is 2.31. The molecule has 1 rings (SSSR count). The van der Waals surface area contributed by atoms with Crippen molar-refractivity contribution in [2.75, 3.05) is 13.2 Å². The Morgan fingerprint density at radius 3 is 2.60 bits per heavy atom. The minimum Gasteiger partial charge on any atom is -0.493 e. The highest BCUT2D eigenvalue weighted by Crippen LogP contribution is 2.19. The van der Waals surface area contributed by atoms with Crippen molar-refractivity contribution in [3.63, 3.8) is 0 Å². The van der Waals surface area contributed by atoms with Gasteiger partial charge >= 0.3 is 0 Å². The zero-order chi connectivity index (χ0) is 11.5. The van der Waals surface area contributed by atoms with Gasteiger partial charge in [0.2, 0.25) is 0 Å². The van der Waals surface area contributed by atoms with Crippen LogP contribution in [0.2, 0.25) is 0 Å². The molecule has 1 aromatic carbocycles. The van der Waals surface area contributed by atoms with E-state index in [9.17, 15) is 4.39 Å². The van der Waals surface area contributed by atoms with Gasteiger partial charge in [-0.05, 0) is 30.7 Å². The molecule has 0 heterocycles. The number of benzene rings is 1. The van der Waals surface area contributed by atoms with Crippen LogP contribution in [0, 0.1) is 18.2 Å². The lowest BCUT2D eigenvalue weighted by molar-refractivity contribution is 0.187. The van der Waals surface area contributed by atoms with Gasteiger partial charge in [-0.25, -0.2) is 4.39 Å². The Balaban J connectivity index is 2.62. The van der Waals surface area contributed by atoms with Crippen molar-refractivity contribution in [2.24, 2.45) is 11.1 Å². The molecule has 0 aliphatic carbocycles. The van der Waals surface area contributed by atoms with Crippen LogP contribution < -0.4 is 10.5 Å². The van der Waals surface area contributed by atoms with Gasteiger partial charge in [0, 0.05) is 12.0 Å². The van der Waals surface area contributed by atoms with E-state index in [-0.39, 0.29) is 11.2 Å². The molecule has 1 aromatic rings. The van der Waals surface area contributed by atoms with Crippen LogP contribution in [0.1, 0.15) is 19.4 Å². The van der Waals surface area contributed by atoms with Crippen LogP contribution in [-0.2, 0) is 0 Å². The Bertz CT molecular complexity index is 336. The van der Waals surface area contributed by atoms with E-state index in [2.05, 4.69) is 0 Å². The molecule has 0 unspecified atom stereocenters. The van der Waals surface area contributed by atoms with Crippen LogP contribution in [0.5, 0.6) is 5.75 Å². The second-order valence-electron chi connectivity index (χ2n) is 4.57. The molecule has 0 radical (unpaired) electrons. The van der Waals surface area contributed by atoms with Crippen molar-refractivity contribution in [1.82, 2.24) is 0 Å². The molecule has 0 fully saturated rings. The minimum absolute atomic E-state index is 0.0533. The van der Waals surface area contributed by atoms with Gasteiger partial charge in [-0.15, -0.1) is 0 Å². The maximum Gasteiger partial charge on any atom is 0.126 e. The molecule has 0 saturated carbocycles. The first-order valence-electron chi connectivity index (χ1n) is 5.04. The van der Waals surface area contributed by atoms with Crippen molar-refractivity contribution < 1.29 is 9.13 Å². The SMILES string of the molecule is Cc1cc(OCC(C)(C)CN)ccc1F. The number of rotatable bonds is 4. The van der Waals surface area contributed by atoms with Gasteiger partial charge in [-0.3, -0.25) is 0 Å². The van der Waals surface area contributed by atoms with Crippen molar-refractivity contribution in [1.29, 1.82) is 0 Å². The number of hydrogen-bond acceptors (Lipinski definition) is 2.